The lowest BCUT2D eigenvalue weighted by molar-refractivity contribution is -0.136. The van der Waals surface area contributed by atoms with Gasteiger partial charge in [-0.1, -0.05) is 48.2 Å². The zero-order chi connectivity index (χ0) is 22.0. The minimum Gasteiger partial charge on any atom is -0.466 e. The van der Waals surface area contributed by atoms with Gasteiger partial charge in [0.25, 0.3) is 0 Å². The van der Waals surface area contributed by atoms with Gasteiger partial charge in [0, 0.05) is 24.0 Å². The minimum atomic E-state index is -0.570. The van der Waals surface area contributed by atoms with E-state index < -0.39 is 12.0 Å². The second kappa shape index (κ2) is 8.97. The van der Waals surface area contributed by atoms with Gasteiger partial charge in [0.15, 0.2) is 5.16 Å². The average Bonchev–Trinajstić information content (AvgIpc) is 3.56. The number of aromatic nitrogens is 3. The molecular formula is C22H25N5O3S. The minimum absolute atomic E-state index is 0.0970. The largest absolute Gasteiger partial charge is 0.466 e. The van der Waals surface area contributed by atoms with E-state index in [0.717, 1.165) is 24.2 Å². The Morgan fingerprint density at radius 1 is 1.32 bits per heavy atom. The van der Waals surface area contributed by atoms with Crippen molar-refractivity contribution in [3.8, 4) is 0 Å². The van der Waals surface area contributed by atoms with Gasteiger partial charge in [-0.25, -0.2) is 9.59 Å². The van der Waals surface area contributed by atoms with E-state index in [4.69, 9.17) is 4.74 Å². The maximum Gasteiger partial charge on any atom is 0.338 e. The Morgan fingerprint density at radius 3 is 2.71 bits per heavy atom. The highest BCUT2D eigenvalue weighted by Crippen LogP contribution is 2.40. The van der Waals surface area contributed by atoms with Crippen LogP contribution in [0.1, 0.15) is 30.3 Å². The van der Waals surface area contributed by atoms with E-state index in [9.17, 15) is 9.59 Å². The van der Waals surface area contributed by atoms with Crippen LogP contribution >= 0.6 is 11.8 Å². The lowest BCUT2D eigenvalue weighted by Gasteiger charge is -2.36. The zero-order valence-electron chi connectivity index (χ0n) is 17.6. The highest BCUT2D eigenvalue weighted by Gasteiger charge is 2.44. The molecule has 1 N–H and O–H groups in total. The van der Waals surface area contributed by atoms with Crippen LogP contribution in [0.4, 0.5) is 4.79 Å². The van der Waals surface area contributed by atoms with Crippen molar-refractivity contribution in [2.24, 2.45) is 0 Å². The summed E-state index contributed by atoms with van der Waals surface area (Å²) in [6, 6.07) is 8.81. The number of allylic oxidation sites excluding steroid dienone is 1. The number of urea groups is 1. The maximum atomic E-state index is 13.1. The molecule has 2 aliphatic rings. The van der Waals surface area contributed by atoms with Crippen LogP contribution in [-0.2, 0) is 16.1 Å². The number of aryl methyl sites for hydroxylation is 1. The van der Waals surface area contributed by atoms with Crippen molar-refractivity contribution in [3.63, 3.8) is 0 Å². The number of methoxy groups -OCH3 is 1. The Labute approximate surface area is 185 Å². The maximum absolute atomic E-state index is 13.1. The van der Waals surface area contributed by atoms with E-state index in [1.54, 1.807) is 11.0 Å². The second-order valence-electron chi connectivity index (χ2n) is 7.46. The number of carbonyl (C=O) groups is 2. The Bertz CT molecular complexity index is 1030. The molecule has 1 saturated carbocycles. The summed E-state index contributed by atoms with van der Waals surface area (Å²) in [5.41, 5.74) is 1.96. The van der Waals surface area contributed by atoms with Crippen LogP contribution in [0.2, 0.25) is 0 Å². The molecule has 162 valence electrons. The van der Waals surface area contributed by atoms with Crippen LogP contribution in [-0.4, -0.2) is 50.6 Å². The summed E-state index contributed by atoms with van der Waals surface area (Å²) in [4.78, 5) is 27.7. The molecule has 0 saturated heterocycles. The first-order valence-electron chi connectivity index (χ1n) is 10.1. The second-order valence-corrected chi connectivity index (χ2v) is 8.41. The third-order valence-electron chi connectivity index (χ3n) is 5.38. The number of esters is 1. The molecule has 9 heteroatoms. The Kier molecular flexibility index (Phi) is 6.13. The molecule has 1 aliphatic carbocycles. The molecule has 1 fully saturated rings. The third kappa shape index (κ3) is 4.23. The van der Waals surface area contributed by atoms with Crippen molar-refractivity contribution in [3.05, 3.63) is 65.6 Å². The number of rotatable bonds is 8. The fourth-order valence-electron chi connectivity index (χ4n) is 3.73. The van der Waals surface area contributed by atoms with Gasteiger partial charge in [-0.15, -0.1) is 16.8 Å². The molecule has 4 rings (SSSR count). The van der Waals surface area contributed by atoms with Crippen LogP contribution in [0.15, 0.2) is 59.4 Å². The quantitative estimate of drug-likeness (QED) is 0.386. The van der Waals surface area contributed by atoms with Crippen molar-refractivity contribution < 1.29 is 14.3 Å². The first-order valence-corrected chi connectivity index (χ1v) is 11.1. The molecule has 2 aromatic rings. The first kappa shape index (κ1) is 21.2. The van der Waals surface area contributed by atoms with Crippen molar-refractivity contribution >= 4 is 23.8 Å². The van der Waals surface area contributed by atoms with Crippen LogP contribution < -0.4 is 5.32 Å². The lowest BCUT2D eigenvalue weighted by Crippen LogP contribution is -2.50. The van der Waals surface area contributed by atoms with E-state index in [1.165, 1.54) is 18.9 Å². The SMILES string of the molecule is C=CCn1c(C)nnc1SCC1=C(C(=O)OC)[C@@H](c2ccccc2)NC(=O)N1C1CC1. The normalized spacial score (nSPS) is 18.7. The summed E-state index contributed by atoms with van der Waals surface area (Å²) in [5, 5.41) is 12.1. The number of thioether (sulfide) groups is 1. The van der Waals surface area contributed by atoms with Crippen molar-refractivity contribution in [2.75, 3.05) is 12.9 Å². The number of hydrogen-bond acceptors (Lipinski definition) is 6. The highest BCUT2D eigenvalue weighted by atomic mass is 32.2. The van der Waals surface area contributed by atoms with E-state index >= 15 is 0 Å². The Hall–Kier alpha value is -3.07. The molecule has 8 nitrogen and oxygen atoms in total. The molecule has 1 atom stereocenters. The van der Waals surface area contributed by atoms with Gasteiger partial charge in [0.1, 0.15) is 5.82 Å². The molecule has 2 amide bonds. The summed E-state index contributed by atoms with van der Waals surface area (Å²) in [6.45, 7) is 6.27. The van der Waals surface area contributed by atoms with E-state index in [2.05, 4.69) is 22.1 Å². The van der Waals surface area contributed by atoms with E-state index in [-0.39, 0.29) is 12.1 Å². The first-order chi connectivity index (χ1) is 15.0. The number of amides is 2. The molecule has 0 spiro atoms. The van der Waals surface area contributed by atoms with Gasteiger partial charge in [0.2, 0.25) is 0 Å². The van der Waals surface area contributed by atoms with Gasteiger partial charge < -0.3 is 14.6 Å². The number of benzene rings is 1. The number of hydrogen-bond donors (Lipinski definition) is 1. The van der Waals surface area contributed by atoms with Crippen LogP contribution in [0.5, 0.6) is 0 Å². The van der Waals surface area contributed by atoms with Crippen molar-refractivity contribution in [2.45, 2.75) is 43.6 Å². The average molecular weight is 440 g/mol. The zero-order valence-corrected chi connectivity index (χ0v) is 18.4. The number of nitrogens with zero attached hydrogens (tertiary/aromatic N) is 4. The molecule has 0 radical (unpaired) electrons. The summed E-state index contributed by atoms with van der Waals surface area (Å²) >= 11 is 1.45. The lowest BCUT2D eigenvalue weighted by atomic mass is 9.95. The smallest absolute Gasteiger partial charge is 0.338 e. The number of ether oxygens (including phenoxy) is 1. The fraction of sp³-hybridized carbons (Fsp3) is 0.364. The topological polar surface area (TPSA) is 89.4 Å². The standard InChI is InChI=1S/C22H25N5O3S/c1-4-12-26-14(2)24-25-22(26)31-13-17-18(20(28)30-3)19(15-8-6-5-7-9-15)23-21(29)27(17)16-10-11-16/h4-9,16,19H,1,10-13H2,2-3H3,(H,23,29)/t19-/m1/s1. The summed E-state index contributed by atoms with van der Waals surface area (Å²) in [7, 11) is 1.37. The molecule has 1 aromatic carbocycles. The van der Waals surface area contributed by atoms with Crippen molar-refractivity contribution in [1.29, 1.82) is 0 Å². The predicted molar refractivity (Wildman–Crippen MR) is 117 cm³/mol. The monoisotopic (exact) mass is 439 g/mol. The number of nitrogens with one attached hydrogen (secondary N) is 1. The molecule has 31 heavy (non-hydrogen) atoms. The summed E-state index contributed by atoms with van der Waals surface area (Å²) < 4.78 is 7.10. The van der Waals surface area contributed by atoms with Gasteiger partial charge in [-0.05, 0) is 25.3 Å². The Morgan fingerprint density at radius 2 is 2.06 bits per heavy atom. The number of carbonyl (C=O) groups excluding carboxylic acids is 2. The van der Waals surface area contributed by atoms with Crippen LogP contribution in [0, 0.1) is 6.92 Å². The van der Waals surface area contributed by atoms with Gasteiger partial charge in [-0.3, -0.25) is 4.90 Å². The van der Waals surface area contributed by atoms with Crippen LogP contribution in [0.25, 0.3) is 0 Å². The molecule has 2 heterocycles. The van der Waals surface area contributed by atoms with Gasteiger partial charge in [-0.2, -0.15) is 0 Å². The van der Waals surface area contributed by atoms with Gasteiger partial charge in [0.05, 0.1) is 18.7 Å². The van der Waals surface area contributed by atoms with Crippen molar-refractivity contribution in [1.82, 2.24) is 25.0 Å². The van der Waals surface area contributed by atoms with E-state index in [1.807, 2.05) is 41.8 Å². The molecule has 1 aliphatic heterocycles. The highest BCUT2D eigenvalue weighted by molar-refractivity contribution is 7.99. The van der Waals surface area contributed by atoms with Gasteiger partial charge >= 0.3 is 12.0 Å². The van der Waals surface area contributed by atoms with Crippen LogP contribution in [0.3, 0.4) is 0 Å². The molecule has 1 aromatic heterocycles. The predicted octanol–water partition coefficient (Wildman–Crippen LogP) is 3.22. The molecular weight excluding hydrogens is 414 g/mol. The van der Waals surface area contributed by atoms with E-state index in [0.29, 0.717) is 28.7 Å². The summed E-state index contributed by atoms with van der Waals surface area (Å²) in [5.74, 6) is 0.735. The molecule has 0 bridgehead atoms. The molecule has 0 unspecified atom stereocenters. The Balaban J connectivity index is 1.76. The third-order valence-corrected chi connectivity index (χ3v) is 6.36. The summed E-state index contributed by atoms with van der Waals surface area (Å²) in [6.07, 6.45) is 3.62. The fourth-order valence-corrected chi connectivity index (χ4v) is 4.75.